The lowest BCUT2D eigenvalue weighted by Gasteiger charge is -2.39. The monoisotopic (exact) mass is 500 g/mol. The van der Waals surface area contributed by atoms with Crippen molar-refractivity contribution in [1.29, 1.82) is 0 Å². The third-order valence-corrected chi connectivity index (χ3v) is 7.52. The second kappa shape index (κ2) is 12.5. The number of nitrogens with zero attached hydrogens (tertiary/aromatic N) is 4. The van der Waals surface area contributed by atoms with Crippen LogP contribution in [0.15, 0.2) is 47.6 Å². The number of amidine groups is 1. The Morgan fingerprint density at radius 2 is 1.89 bits per heavy atom. The molecule has 2 unspecified atom stereocenters. The van der Waals surface area contributed by atoms with Gasteiger partial charge in [-0.05, 0) is 63.9 Å². The van der Waals surface area contributed by atoms with Gasteiger partial charge in [-0.1, -0.05) is 29.4 Å². The lowest BCUT2D eigenvalue weighted by atomic mass is 9.94. The fourth-order valence-electron chi connectivity index (χ4n) is 5.27. The molecule has 0 saturated carbocycles. The number of benzene rings is 2. The van der Waals surface area contributed by atoms with E-state index in [0.717, 1.165) is 57.4 Å². The van der Waals surface area contributed by atoms with Gasteiger partial charge in [0.2, 0.25) is 0 Å². The van der Waals surface area contributed by atoms with E-state index in [1.165, 1.54) is 30.5 Å². The van der Waals surface area contributed by atoms with Crippen LogP contribution in [0.2, 0.25) is 0 Å². The van der Waals surface area contributed by atoms with Crippen LogP contribution in [0, 0.1) is 17.6 Å². The fourth-order valence-corrected chi connectivity index (χ4v) is 5.27. The molecule has 2 aromatic rings. The first-order valence-corrected chi connectivity index (χ1v) is 13.0. The van der Waals surface area contributed by atoms with Crippen molar-refractivity contribution in [2.45, 2.75) is 45.2 Å². The summed E-state index contributed by atoms with van der Waals surface area (Å²) < 4.78 is 34.3. The molecule has 196 valence electrons. The Hall–Kier alpha value is -2.71. The van der Waals surface area contributed by atoms with E-state index in [4.69, 9.17) is 4.74 Å². The normalized spacial score (nSPS) is 21.6. The Balaban J connectivity index is 1.31. The van der Waals surface area contributed by atoms with Gasteiger partial charge in [-0.2, -0.15) is 0 Å². The minimum atomic E-state index is -1.01. The van der Waals surface area contributed by atoms with Crippen LogP contribution >= 0.6 is 0 Å². The minimum absolute atomic E-state index is 0.0196. The molecule has 2 fully saturated rings. The van der Waals surface area contributed by atoms with Crippen LogP contribution in [-0.4, -0.2) is 78.2 Å². The highest BCUT2D eigenvalue weighted by Gasteiger charge is 2.27. The summed E-state index contributed by atoms with van der Waals surface area (Å²) in [5.74, 6) is -0.554. The highest BCUT2D eigenvalue weighted by molar-refractivity contribution is 5.98. The molecule has 1 N–H and O–H groups in total. The largest absolute Gasteiger partial charge is 0.493 e. The van der Waals surface area contributed by atoms with E-state index in [1.807, 2.05) is 6.07 Å². The topological polar surface area (TPSA) is 51.5 Å². The Kier molecular flexibility index (Phi) is 9.15. The third kappa shape index (κ3) is 6.53. The second-order valence-electron chi connectivity index (χ2n) is 10.1. The number of halogens is 2. The smallest absolute Gasteiger partial charge is 0.178 e. The zero-order chi connectivity index (χ0) is 25.5. The molecule has 2 saturated heterocycles. The van der Waals surface area contributed by atoms with Gasteiger partial charge in [-0.15, -0.1) is 0 Å². The Labute approximate surface area is 213 Å². The summed E-state index contributed by atoms with van der Waals surface area (Å²) in [6.07, 6.45) is 4.74. The van der Waals surface area contributed by atoms with E-state index in [1.54, 1.807) is 11.9 Å². The first-order valence-electron chi connectivity index (χ1n) is 13.0. The molecule has 2 aliphatic rings. The Morgan fingerprint density at radius 3 is 2.67 bits per heavy atom. The van der Waals surface area contributed by atoms with Gasteiger partial charge in [-0.25, -0.2) is 8.78 Å². The molecule has 2 heterocycles. The highest BCUT2D eigenvalue weighted by Crippen LogP contribution is 2.26. The van der Waals surface area contributed by atoms with Crippen LogP contribution in [0.25, 0.3) is 0 Å². The zero-order valence-electron chi connectivity index (χ0n) is 21.4. The molecule has 2 atom stereocenters. The maximum atomic E-state index is 14.3. The van der Waals surface area contributed by atoms with E-state index in [0.29, 0.717) is 25.1 Å². The van der Waals surface area contributed by atoms with Crippen LogP contribution in [-0.2, 0) is 6.54 Å². The molecule has 8 heteroatoms. The molecule has 6 nitrogen and oxygen atoms in total. The summed E-state index contributed by atoms with van der Waals surface area (Å²) in [5, 5.41) is 12.8. The van der Waals surface area contributed by atoms with Crippen LogP contribution < -0.4 is 4.74 Å². The molecule has 36 heavy (non-hydrogen) atoms. The average molecular weight is 501 g/mol. The molecular formula is C28H38F2N4O2. The van der Waals surface area contributed by atoms with Crippen molar-refractivity contribution in [1.82, 2.24) is 14.7 Å². The molecule has 2 aliphatic heterocycles. The number of oxime groups is 1. The first kappa shape index (κ1) is 26.4. The average Bonchev–Trinajstić information content (AvgIpc) is 3.39. The molecule has 4 rings (SSSR count). The van der Waals surface area contributed by atoms with E-state index in [9.17, 15) is 14.0 Å². The number of piperidine rings is 1. The second-order valence-corrected chi connectivity index (χ2v) is 10.1. The van der Waals surface area contributed by atoms with Crippen molar-refractivity contribution in [3.63, 3.8) is 0 Å². The van der Waals surface area contributed by atoms with Crippen LogP contribution in [0.3, 0.4) is 0 Å². The molecule has 2 aromatic carbocycles. The Bertz CT molecular complexity index is 1030. The van der Waals surface area contributed by atoms with Crippen LogP contribution in [0.5, 0.6) is 5.75 Å². The van der Waals surface area contributed by atoms with Gasteiger partial charge in [0.25, 0.3) is 0 Å². The van der Waals surface area contributed by atoms with Crippen molar-refractivity contribution in [2.24, 2.45) is 11.1 Å². The summed E-state index contributed by atoms with van der Waals surface area (Å²) >= 11 is 0. The standard InChI is InChI=1S/C28H38F2N4O2/c1-21-12-13-22(20-36-26-11-4-3-8-23(26)19-33-14-5-6-15-33)18-34(21)17-16-32(2)28(31-35)24-9-7-10-25(29)27(24)30/h3-4,7-11,21-22,35H,5-6,12-20H2,1-2H3/b31-28+. The number of ether oxygens (including phenoxy) is 1. The quantitative estimate of drug-likeness (QED) is 0.232. The predicted octanol–water partition coefficient (Wildman–Crippen LogP) is 4.81. The summed E-state index contributed by atoms with van der Waals surface area (Å²) in [7, 11) is 1.73. The number of likely N-dealkylation sites (N-methyl/N-ethyl adjacent to an activating group) is 1. The highest BCUT2D eigenvalue weighted by atomic mass is 19.2. The molecule has 0 aliphatic carbocycles. The van der Waals surface area contributed by atoms with E-state index >= 15 is 0 Å². The summed E-state index contributed by atoms with van der Waals surface area (Å²) in [6.45, 7) is 8.30. The molecular weight excluding hydrogens is 462 g/mol. The van der Waals surface area contributed by atoms with Crippen molar-refractivity contribution < 1.29 is 18.7 Å². The lowest BCUT2D eigenvalue weighted by Crippen LogP contribution is -2.47. The summed E-state index contributed by atoms with van der Waals surface area (Å²) in [5.41, 5.74) is 1.20. The zero-order valence-corrected chi connectivity index (χ0v) is 21.4. The van der Waals surface area contributed by atoms with Gasteiger partial charge in [0.05, 0.1) is 12.2 Å². The molecule has 0 radical (unpaired) electrons. The van der Waals surface area contributed by atoms with Gasteiger partial charge in [0.1, 0.15) is 5.75 Å². The third-order valence-electron chi connectivity index (χ3n) is 7.52. The van der Waals surface area contributed by atoms with E-state index < -0.39 is 11.6 Å². The van der Waals surface area contributed by atoms with Crippen LogP contribution in [0.4, 0.5) is 8.78 Å². The van der Waals surface area contributed by atoms with Gasteiger partial charge >= 0.3 is 0 Å². The van der Waals surface area contributed by atoms with Crippen molar-refractivity contribution in [2.75, 3.05) is 46.4 Å². The van der Waals surface area contributed by atoms with Gasteiger partial charge < -0.3 is 14.8 Å². The summed E-state index contributed by atoms with van der Waals surface area (Å²) in [6, 6.07) is 12.7. The van der Waals surface area contributed by atoms with E-state index in [-0.39, 0.29) is 11.4 Å². The fraction of sp³-hybridized carbons (Fsp3) is 0.536. The lowest BCUT2D eigenvalue weighted by molar-refractivity contribution is 0.0855. The predicted molar refractivity (Wildman–Crippen MR) is 138 cm³/mol. The van der Waals surface area contributed by atoms with Crippen molar-refractivity contribution >= 4 is 5.84 Å². The van der Waals surface area contributed by atoms with Crippen LogP contribution in [0.1, 0.15) is 43.7 Å². The molecule has 0 amide bonds. The number of likely N-dealkylation sites (tertiary alicyclic amines) is 2. The summed E-state index contributed by atoms with van der Waals surface area (Å²) in [4.78, 5) is 6.56. The maximum absolute atomic E-state index is 14.3. The van der Waals surface area contributed by atoms with Crippen molar-refractivity contribution in [3.05, 3.63) is 65.2 Å². The van der Waals surface area contributed by atoms with Gasteiger partial charge in [0, 0.05) is 50.7 Å². The molecule has 0 spiro atoms. The number of para-hydroxylation sites is 1. The van der Waals surface area contributed by atoms with Gasteiger partial charge in [0.15, 0.2) is 17.5 Å². The van der Waals surface area contributed by atoms with Gasteiger partial charge in [-0.3, -0.25) is 9.80 Å². The SMILES string of the molecule is CC1CCC(COc2ccccc2CN2CCCC2)CN1CCN(C)/C(=N/O)c1cccc(F)c1F. The number of hydrogen-bond donors (Lipinski definition) is 1. The molecule has 0 bridgehead atoms. The van der Waals surface area contributed by atoms with Crippen molar-refractivity contribution in [3.8, 4) is 5.75 Å². The first-order chi connectivity index (χ1) is 17.5. The Morgan fingerprint density at radius 1 is 1.11 bits per heavy atom. The number of hydrogen-bond acceptors (Lipinski definition) is 5. The number of rotatable bonds is 9. The molecule has 0 aromatic heterocycles. The minimum Gasteiger partial charge on any atom is -0.493 e. The van der Waals surface area contributed by atoms with E-state index in [2.05, 4.69) is 40.1 Å². The maximum Gasteiger partial charge on any atom is 0.178 e.